The zero-order valence-electron chi connectivity index (χ0n) is 17.1. The summed E-state index contributed by atoms with van der Waals surface area (Å²) in [5.41, 5.74) is 0.309. The lowest BCUT2D eigenvalue weighted by atomic mass is 9.75. The zero-order chi connectivity index (χ0) is 22.1. The van der Waals surface area contributed by atoms with E-state index in [9.17, 15) is 19.2 Å². The molecule has 0 atom stereocenters. The molecule has 1 aromatic heterocycles. The highest BCUT2D eigenvalue weighted by molar-refractivity contribution is 6.30. The van der Waals surface area contributed by atoms with Crippen molar-refractivity contribution in [3.05, 3.63) is 62.5 Å². The van der Waals surface area contributed by atoms with Crippen molar-refractivity contribution >= 4 is 29.3 Å². The monoisotopic (exact) mass is 430 g/mol. The quantitative estimate of drug-likeness (QED) is 0.736. The van der Waals surface area contributed by atoms with Crippen LogP contribution < -0.4 is 10.9 Å². The molecule has 3 rings (SSSR count). The molecule has 1 aliphatic carbocycles. The van der Waals surface area contributed by atoms with Gasteiger partial charge in [-0.05, 0) is 49.1 Å². The Labute approximate surface area is 179 Å². The van der Waals surface area contributed by atoms with Gasteiger partial charge >= 0.3 is 5.97 Å². The highest BCUT2D eigenvalue weighted by atomic mass is 35.5. The molecule has 7 nitrogen and oxygen atoms in total. The Morgan fingerprint density at radius 3 is 2.47 bits per heavy atom. The van der Waals surface area contributed by atoms with Gasteiger partial charge in [-0.3, -0.25) is 23.7 Å². The van der Waals surface area contributed by atoms with Gasteiger partial charge in [-0.15, -0.1) is 0 Å². The van der Waals surface area contributed by atoms with Gasteiger partial charge in [-0.1, -0.05) is 25.4 Å². The SMILES string of the molecule is CCOC(=O)CNC(=O)c1cc2c(n(-c3ccc(Cl)cc3)c1=O)CC(C)(C)CC2=O. The molecule has 0 saturated carbocycles. The summed E-state index contributed by atoms with van der Waals surface area (Å²) in [6.45, 7) is 5.39. The Morgan fingerprint density at radius 2 is 1.83 bits per heavy atom. The van der Waals surface area contributed by atoms with Crippen molar-refractivity contribution in [3.63, 3.8) is 0 Å². The van der Waals surface area contributed by atoms with Crippen molar-refractivity contribution in [2.75, 3.05) is 13.2 Å². The number of carbonyl (C=O) groups is 3. The Bertz CT molecular complexity index is 1070. The van der Waals surface area contributed by atoms with Crippen LogP contribution in [0, 0.1) is 5.41 Å². The van der Waals surface area contributed by atoms with Gasteiger partial charge in [0.1, 0.15) is 12.1 Å². The number of Topliss-reactive ketones (excluding diaryl/α,β-unsaturated/α-hetero) is 1. The molecule has 158 valence electrons. The zero-order valence-corrected chi connectivity index (χ0v) is 17.8. The van der Waals surface area contributed by atoms with Gasteiger partial charge in [0.2, 0.25) is 0 Å². The van der Waals surface area contributed by atoms with Gasteiger partial charge < -0.3 is 10.1 Å². The van der Waals surface area contributed by atoms with Crippen LogP contribution in [0.3, 0.4) is 0 Å². The summed E-state index contributed by atoms with van der Waals surface area (Å²) < 4.78 is 6.18. The average Bonchev–Trinajstić information content (AvgIpc) is 2.66. The van der Waals surface area contributed by atoms with Crippen LogP contribution in [0.5, 0.6) is 0 Å². The number of hydrogen-bond acceptors (Lipinski definition) is 5. The van der Waals surface area contributed by atoms with Crippen molar-refractivity contribution in [3.8, 4) is 5.69 Å². The smallest absolute Gasteiger partial charge is 0.325 e. The molecule has 8 heteroatoms. The third-order valence-corrected chi connectivity index (χ3v) is 5.17. The van der Waals surface area contributed by atoms with Gasteiger partial charge in [0.15, 0.2) is 5.78 Å². The highest BCUT2D eigenvalue weighted by Crippen LogP contribution is 2.35. The number of ether oxygens (including phenoxy) is 1. The molecule has 0 bridgehead atoms. The van der Waals surface area contributed by atoms with Crippen molar-refractivity contribution in [1.82, 2.24) is 9.88 Å². The second kappa shape index (κ2) is 8.44. The lowest BCUT2D eigenvalue weighted by molar-refractivity contribution is -0.141. The number of carbonyl (C=O) groups excluding carboxylic acids is 3. The number of hydrogen-bond donors (Lipinski definition) is 1. The molecule has 0 aliphatic heterocycles. The Balaban J connectivity index is 2.13. The minimum absolute atomic E-state index is 0.136. The number of nitrogens with one attached hydrogen (secondary N) is 1. The summed E-state index contributed by atoms with van der Waals surface area (Å²) in [6.07, 6.45) is 0.805. The number of pyridine rings is 1. The van der Waals surface area contributed by atoms with Crippen LogP contribution in [0.2, 0.25) is 5.02 Å². The fourth-order valence-corrected chi connectivity index (χ4v) is 3.73. The summed E-state index contributed by atoms with van der Waals surface area (Å²) in [5, 5.41) is 2.89. The molecule has 1 N–H and O–H groups in total. The number of esters is 1. The van der Waals surface area contributed by atoms with E-state index >= 15 is 0 Å². The maximum absolute atomic E-state index is 13.3. The first-order valence-electron chi connectivity index (χ1n) is 9.65. The van der Waals surface area contributed by atoms with Gasteiger partial charge in [-0.2, -0.15) is 0 Å². The predicted molar refractivity (Wildman–Crippen MR) is 112 cm³/mol. The normalized spacial score (nSPS) is 14.7. The molecule has 0 unspecified atom stereocenters. The molecular weight excluding hydrogens is 408 g/mol. The van der Waals surface area contributed by atoms with Crippen LogP contribution in [-0.2, 0) is 16.0 Å². The van der Waals surface area contributed by atoms with Crippen molar-refractivity contribution in [2.24, 2.45) is 5.41 Å². The molecule has 0 spiro atoms. The lowest BCUT2D eigenvalue weighted by Gasteiger charge is -2.32. The first-order chi connectivity index (χ1) is 14.1. The fourth-order valence-electron chi connectivity index (χ4n) is 3.60. The number of nitrogens with zero attached hydrogens (tertiary/aromatic N) is 1. The van der Waals surface area contributed by atoms with E-state index in [2.05, 4.69) is 5.32 Å². The second-order valence-electron chi connectivity index (χ2n) is 7.96. The van der Waals surface area contributed by atoms with Crippen LogP contribution in [0.25, 0.3) is 5.69 Å². The summed E-state index contributed by atoms with van der Waals surface area (Å²) >= 11 is 5.98. The number of halogens is 1. The number of fused-ring (bicyclic) bond motifs is 1. The predicted octanol–water partition coefficient (Wildman–Crippen LogP) is 2.94. The van der Waals surface area contributed by atoms with E-state index in [1.165, 1.54) is 10.6 Å². The van der Waals surface area contributed by atoms with Gasteiger partial charge in [0, 0.05) is 28.4 Å². The molecule has 1 aromatic carbocycles. The first-order valence-corrected chi connectivity index (χ1v) is 10.0. The summed E-state index contributed by atoms with van der Waals surface area (Å²) in [7, 11) is 0. The number of ketones is 1. The van der Waals surface area contributed by atoms with E-state index in [1.54, 1.807) is 31.2 Å². The van der Waals surface area contributed by atoms with E-state index < -0.39 is 17.4 Å². The third-order valence-electron chi connectivity index (χ3n) is 4.92. The summed E-state index contributed by atoms with van der Waals surface area (Å²) in [6, 6.07) is 7.94. The number of rotatable bonds is 5. The van der Waals surface area contributed by atoms with E-state index in [1.807, 2.05) is 13.8 Å². The van der Waals surface area contributed by atoms with Gasteiger partial charge in [0.25, 0.3) is 11.5 Å². The second-order valence-corrected chi connectivity index (χ2v) is 8.40. The Kier molecular flexibility index (Phi) is 6.12. The fraction of sp³-hybridized carbons (Fsp3) is 0.364. The number of aromatic nitrogens is 1. The molecule has 30 heavy (non-hydrogen) atoms. The van der Waals surface area contributed by atoms with Crippen LogP contribution >= 0.6 is 11.6 Å². The average molecular weight is 431 g/mol. The van der Waals surface area contributed by atoms with E-state index in [4.69, 9.17) is 16.3 Å². The molecule has 1 heterocycles. The molecule has 2 aromatic rings. The van der Waals surface area contributed by atoms with Crippen LogP contribution in [0.1, 0.15) is 53.6 Å². The number of amides is 1. The van der Waals surface area contributed by atoms with Crippen LogP contribution in [0.4, 0.5) is 0 Å². The Hall–Kier alpha value is -2.93. The maximum Gasteiger partial charge on any atom is 0.325 e. The topological polar surface area (TPSA) is 94.5 Å². The van der Waals surface area contributed by atoms with Crippen molar-refractivity contribution in [2.45, 2.75) is 33.6 Å². The molecule has 0 radical (unpaired) electrons. The minimum Gasteiger partial charge on any atom is -0.465 e. The van der Waals surface area contributed by atoms with Gasteiger partial charge in [-0.25, -0.2) is 0 Å². The minimum atomic E-state index is -0.740. The van der Waals surface area contributed by atoms with Crippen LogP contribution in [0.15, 0.2) is 35.1 Å². The van der Waals surface area contributed by atoms with Gasteiger partial charge in [0.05, 0.1) is 6.61 Å². The van der Waals surface area contributed by atoms with E-state index in [0.29, 0.717) is 34.8 Å². The van der Waals surface area contributed by atoms with E-state index in [-0.39, 0.29) is 29.9 Å². The molecular formula is C22H23ClN2O5. The Morgan fingerprint density at radius 1 is 1.17 bits per heavy atom. The number of benzene rings is 1. The third kappa shape index (κ3) is 4.46. The summed E-state index contributed by atoms with van der Waals surface area (Å²) in [4.78, 5) is 50.4. The van der Waals surface area contributed by atoms with Crippen molar-refractivity contribution in [1.29, 1.82) is 0 Å². The van der Waals surface area contributed by atoms with Crippen LogP contribution in [-0.4, -0.2) is 35.4 Å². The summed E-state index contributed by atoms with van der Waals surface area (Å²) in [5.74, 6) is -1.49. The molecule has 1 amide bonds. The maximum atomic E-state index is 13.3. The first kappa shape index (κ1) is 21.8. The lowest BCUT2D eigenvalue weighted by Crippen LogP contribution is -2.40. The highest BCUT2D eigenvalue weighted by Gasteiger charge is 2.35. The molecule has 1 aliphatic rings. The van der Waals surface area contributed by atoms with Crippen molar-refractivity contribution < 1.29 is 19.1 Å². The molecule has 0 saturated heterocycles. The largest absolute Gasteiger partial charge is 0.465 e. The molecule has 0 fully saturated rings. The standard InChI is InChI=1S/C22H23ClN2O5/c1-4-30-19(27)12-24-20(28)16-9-15-17(10-22(2,3)11-18(15)26)25(21(16)29)14-7-5-13(23)6-8-14/h5-9H,4,10-12H2,1-3H3,(H,24,28). The van der Waals surface area contributed by atoms with E-state index in [0.717, 1.165) is 0 Å².